The standard InChI is InChI=1S/C13H23N3O3/c1-2-4-14-11-9-19-8-10(11)13(18)16-6-3-12(17)15-5-7-16/h10-11,14H,2-9H2,1H3,(H,15,17). The molecule has 0 spiro atoms. The van der Waals surface area contributed by atoms with Crippen molar-refractivity contribution in [2.75, 3.05) is 39.4 Å². The normalized spacial score (nSPS) is 28.1. The molecule has 2 amide bonds. The number of carbonyl (C=O) groups is 2. The molecule has 19 heavy (non-hydrogen) atoms. The zero-order chi connectivity index (χ0) is 13.7. The van der Waals surface area contributed by atoms with E-state index in [-0.39, 0.29) is 23.8 Å². The largest absolute Gasteiger partial charge is 0.379 e. The average Bonchev–Trinajstić information content (AvgIpc) is 2.77. The van der Waals surface area contributed by atoms with Crippen LogP contribution in [0.1, 0.15) is 19.8 Å². The van der Waals surface area contributed by atoms with Crippen LogP contribution in [0.4, 0.5) is 0 Å². The molecule has 2 N–H and O–H groups in total. The van der Waals surface area contributed by atoms with Gasteiger partial charge >= 0.3 is 0 Å². The van der Waals surface area contributed by atoms with E-state index in [1.54, 1.807) is 4.90 Å². The molecule has 0 saturated carbocycles. The number of nitrogens with one attached hydrogen (secondary N) is 2. The quantitative estimate of drug-likeness (QED) is 0.711. The first-order valence-corrected chi connectivity index (χ1v) is 7.09. The van der Waals surface area contributed by atoms with E-state index in [1.807, 2.05) is 0 Å². The van der Waals surface area contributed by atoms with Crippen LogP contribution in [0.2, 0.25) is 0 Å². The van der Waals surface area contributed by atoms with Crippen molar-refractivity contribution >= 4 is 11.8 Å². The Morgan fingerprint density at radius 1 is 1.47 bits per heavy atom. The summed E-state index contributed by atoms with van der Waals surface area (Å²) in [5.41, 5.74) is 0. The van der Waals surface area contributed by atoms with Gasteiger partial charge in [0.2, 0.25) is 11.8 Å². The van der Waals surface area contributed by atoms with Gasteiger partial charge in [0.05, 0.1) is 19.1 Å². The van der Waals surface area contributed by atoms with Gasteiger partial charge in [-0.2, -0.15) is 0 Å². The maximum Gasteiger partial charge on any atom is 0.229 e. The van der Waals surface area contributed by atoms with E-state index in [4.69, 9.17) is 4.74 Å². The van der Waals surface area contributed by atoms with E-state index in [9.17, 15) is 9.59 Å². The van der Waals surface area contributed by atoms with E-state index < -0.39 is 0 Å². The summed E-state index contributed by atoms with van der Waals surface area (Å²) in [6.07, 6.45) is 1.44. The first-order chi connectivity index (χ1) is 9.22. The molecule has 0 radical (unpaired) electrons. The average molecular weight is 269 g/mol. The lowest BCUT2D eigenvalue weighted by atomic mass is 10.0. The van der Waals surface area contributed by atoms with Crippen LogP contribution >= 0.6 is 0 Å². The first-order valence-electron chi connectivity index (χ1n) is 7.09. The maximum absolute atomic E-state index is 12.5. The summed E-state index contributed by atoms with van der Waals surface area (Å²) in [5.74, 6) is 0.0287. The number of hydrogen-bond donors (Lipinski definition) is 2. The topological polar surface area (TPSA) is 70.7 Å². The van der Waals surface area contributed by atoms with Crippen LogP contribution in [0, 0.1) is 5.92 Å². The Morgan fingerprint density at radius 3 is 3.11 bits per heavy atom. The SMILES string of the molecule is CCCNC1COCC1C(=O)N1CCNC(=O)CC1. The predicted molar refractivity (Wildman–Crippen MR) is 70.6 cm³/mol. The van der Waals surface area contributed by atoms with Crippen molar-refractivity contribution in [3.63, 3.8) is 0 Å². The molecular weight excluding hydrogens is 246 g/mol. The summed E-state index contributed by atoms with van der Waals surface area (Å²) in [6, 6.07) is 0.111. The van der Waals surface area contributed by atoms with Gasteiger partial charge in [-0.25, -0.2) is 0 Å². The minimum atomic E-state index is -0.111. The van der Waals surface area contributed by atoms with Crippen molar-refractivity contribution in [3.8, 4) is 0 Å². The third-order valence-corrected chi connectivity index (χ3v) is 3.68. The van der Waals surface area contributed by atoms with Gasteiger partial charge in [-0.3, -0.25) is 9.59 Å². The Hall–Kier alpha value is -1.14. The first kappa shape index (κ1) is 14.3. The molecular formula is C13H23N3O3. The van der Waals surface area contributed by atoms with Gasteiger partial charge in [-0.15, -0.1) is 0 Å². The van der Waals surface area contributed by atoms with E-state index >= 15 is 0 Å². The highest BCUT2D eigenvalue weighted by Crippen LogP contribution is 2.17. The molecule has 0 bridgehead atoms. The molecule has 6 nitrogen and oxygen atoms in total. The Labute approximate surface area is 113 Å². The molecule has 0 aliphatic carbocycles. The van der Waals surface area contributed by atoms with Crippen LogP contribution in [0.15, 0.2) is 0 Å². The highest BCUT2D eigenvalue weighted by Gasteiger charge is 2.36. The highest BCUT2D eigenvalue weighted by molar-refractivity contribution is 5.82. The molecule has 0 aromatic rings. The minimum absolute atomic E-state index is 0.0265. The Balaban J connectivity index is 1.91. The van der Waals surface area contributed by atoms with Crippen molar-refractivity contribution in [2.24, 2.45) is 5.92 Å². The number of amides is 2. The number of rotatable bonds is 4. The molecule has 2 saturated heterocycles. The van der Waals surface area contributed by atoms with Gasteiger partial charge in [0.25, 0.3) is 0 Å². The van der Waals surface area contributed by atoms with Gasteiger partial charge in [0.1, 0.15) is 0 Å². The second kappa shape index (κ2) is 6.86. The summed E-state index contributed by atoms with van der Waals surface area (Å²) in [5, 5.41) is 6.16. The van der Waals surface area contributed by atoms with Crippen LogP contribution in [0.25, 0.3) is 0 Å². The van der Waals surface area contributed by atoms with E-state index in [1.165, 1.54) is 0 Å². The number of carbonyl (C=O) groups excluding carboxylic acids is 2. The summed E-state index contributed by atoms with van der Waals surface area (Å²) in [6.45, 7) is 5.75. The number of nitrogens with zero attached hydrogens (tertiary/aromatic N) is 1. The van der Waals surface area contributed by atoms with Crippen molar-refractivity contribution in [1.29, 1.82) is 0 Å². The fourth-order valence-corrected chi connectivity index (χ4v) is 2.55. The van der Waals surface area contributed by atoms with Gasteiger partial charge < -0.3 is 20.3 Å². The molecule has 2 aliphatic heterocycles. The molecule has 0 aromatic heterocycles. The third-order valence-electron chi connectivity index (χ3n) is 3.68. The van der Waals surface area contributed by atoms with Crippen molar-refractivity contribution in [1.82, 2.24) is 15.5 Å². The summed E-state index contributed by atoms with van der Waals surface area (Å²) >= 11 is 0. The lowest BCUT2D eigenvalue weighted by Crippen LogP contribution is -2.46. The lowest BCUT2D eigenvalue weighted by molar-refractivity contribution is -0.135. The number of hydrogen-bond acceptors (Lipinski definition) is 4. The van der Waals surface area contributed by atoms with Crippen LogP contribution in [-0.4, -0.2) is 62.1 Å². The van der Waals surface area contributed by atoms with E-state index in [2.05, 4.69) is 17.6 Å². The summed E-state index contributed by atoms with van der Waals surface area (Å²) in [4.78, 5) is 25.6. The van der Waals surface area contributed by atoms with Crippen LogP contribution in [0.5, 0.6) is 0 Å². The van der Waals surface area contributed by atoms with Crippen molar-refractivity contribution in [2.45, 2.75) is 25.8 Å². The second-order valence-electron chi connectivity index (χ2n) is 5.13. The lowest BCUT2D eigenvalue weighted by Gasteiger charge is -2.26. The molecule has 2 unspecified atom stereocenters. The Kier molecular flexibility index (Phi) is 5.15. The predicted octanol–water partition coefficient (Wildman–Crippen LogP) is -0.650. The molecule has 2 atom stereocenters. The molecule has 2 heterocycles. The van der Waals surface area contributed by atoms with E-state index in [0.29, 0.717) is 39.3 Å². The highest BCUT2D eigenvalue weighted by atomic mass is 16.5. The van der Waals surface area contributed by atoms with Gasteiger partial charge in [0.15, 0.2) is 0 Å². The van der Waals surface area contributed by atoms with Crippen LogP contribution in [-0.2, 0) is 14.3 Å². The monoisotopic (exact) mass is 269 g/mol. The zero-order valence-corrected chi connectivity index (χ0v) is 11.5. The minimum Gasteiger partial charge on any atom is -0.379 e. The van der Waals surface area contributed by atoms with Gasteiger partial charge in [-0.05, 0) is 13.0 Å². The fraction of sp³-hybridized carbons (Fsp3) is 0.846. The molecule has 108 valence electrons. The molecule has 2 aliphatic rings. The van der Waals surface area contributed by atoms with Crippen molar-refractivity contribution < 1.29 is 14.3 Å². The second-order valence-corrected chi connectivity index (χ2v) is 5.13. The molecule has 6 heteroatoms. The zero-order valence-electron chi connectivity index (χ0n) is 11.5. The van der Waals surface area contributed by atoms with E-state index in [0.717, 1.165) is 13.0 Å². The summed E-state index contributed by atoms with van der Waals surface area (Å²) in [7, 11) is 0. The summed E-state index contributed by atoms with van der Waals surface area (Å²) < 4.78 is 5.44. The van der Waals surface area contributed by atoms with Crippen molar-refractivity contribution in [3.05, 3.63) is 0 Å². The fourth-order valence-electron chi connectivity index (χ4n) is 2.55. The number of ether oxygens (including phenoxy) is 1. The Morgan fingerprint density at radius 2 is 2.32 bits per heavy atom. The smallest absolute Gasteiger partial charge is 0.229 e. The van der Waals surface area contributed by atoms with Gasteiger partial charge in [0, 0.05) is 32.1 Å². The van der Waals surface area contributed by atoms with Crippen LogP contribution < -0.4 is 10.6 Å². The third kappa shape index (κ3) is 3.67. The maximum atomic E-state index is 12.5. The van der Waals surface area contributed by atoms with Gasteiger partial charge in [-0.1, -0.05) is 6.92 Å². The van der Waals surface area contributed by atoms with Crippen LogP contribution in [0.3, 0.4) is 0 Å². The molecule has 0 aromatic carbocycles. The molecule has 2 rings (SSSR count). The molecule has 2 fully saturated rings. The Bertz CT molecular complexity index is 335.